The maximum Gasteiger partial charge on any atom is 0.271 e. The number of nitrogens with one attached hydrogen (secondary N) is 1. The Morgan fingerprint density at radius 2 is 2.36 bits per heavy atom. The van der Waals surface area contributed by atoms with Crippen molar-refractivity contribution in [3.05, 3.63) is 28.3 Å². The van der Waals surface area contributed by atoms with E-state index in [0.29, 0.717) is 5.75 Å². The maximum atomic E-state index is 12.2. The number of nitro groups is 1. The van der Waals surface area contributed by atoms with Crippen LogP contribution in [0.1, 0.15) is 6.92 Å². The van der Waals surface area contributed by atoms with Crippen molar-refractivity contribution in [3.63, 3.8) is 0 Å². The number of benzene rings is 1. The predicted molar refractivity (Wildman–Crippen MR) is 90.1 cm³/mol. The van der Waals surface area contributed by atoms with Gasteiger partial charge in [0.1, 0.15) is 10.1 Å². The van der Waals surface area contributed by atoms with E-state index in [4.69, 9.17) is 4.74 Å². The van der Waals surface area contributed by atoms with E-state index in [1.807, 2.05) is 0 Å². The molecule has 0 saturated carbocycles. The SMILES string of the molecule is COc1ccc([N+](=O)[O-])cc1NC(=O)[C@@H](C)SC1=NCCS1. The molecular formula is C13H15N3O4S2. The highest BCUT2D eigenvalue weighted by atomic mass is 32.2. The van der Waals surface area contributed by atoms with Crippen LogP contribution in [0.15, 0.2) is 23.2 Å². The van der Waals surface area contributed by atoms with Gasteiger partial charge in [-0.15, -0.1) is 0 Å². The zero-order valence-corrected chi connectivity index (χ0v) is 13.7. The second-order valence-corrected chi connectivity index (χ2v) is 7.06. The summed E-state index contributed by atoms with van der Waals surface area (Å²) in [6.45, 7) is 2.55. The third kappa shape index (κ3) is 4.14. The van der Waals surface area contributed by atoms with Gasteiger partial charge in [0.2, 0.25) is 5.91 Å². The number of aliphatic imine (C=N–C) groups is 1. The quantitative estimate of drug-likeness (QED) is 0.654. The van der Waals surface area contributed by atoms with Crippen molar-refractivity contribution < 1.29 is 14.5 Å². The molecular weight excluding hydrogens is 326 g/mol. The van der Waals surface area contributed by atoms with Crippen LogP contribution in [-0.4, -0.2) is 39.9 Å². The second kappa shape index (κ2) is 7.50. The molecule has 1 aliphatic heterocycles. The minimum absolute atomic E-state index is 0.105. The number of carbonyl (C=O) groups is 1. The molecule has 9 heteroatoms. The largest absolute Gasteiger partial charge is 0.495 e. The van der Waals surface area contributed by atoms with E-state index in [0.717, 1.165) is 16.7 Å². The number of non-ortho nitro benzene ring substituents is 1. The highest BCUT2D eigenvalue weighted by Crippen LogP contribution is 2.31. The number of anilines is 1. The van der Waals surface area contributed by atoms with Crippen molar-refractivity contribution in [1.29, 1.82) is 0 Å². The fraction of sp³-hybridized carbons (Fsp3) is 0.385. The molecule has 0 saturated heterocycles. The Hall–Kier alpha value is -1.74. The van der Waals surface area contributed by atoms with Gasteiger partial charge in [0, 0.05) is 17.9 Å². The summed E-state index contributed by atoms with van der Waals surface area (Å²) in [5, 5.41) is 13.2. The van der Waals surface area contributed by atoms with Crippen LogP contribution in [0.25, 0.3) is 0 Å². The maximum absolute atomic E-state index is 12.2. The molecule has 2 rings (SSSR count). The molecule has 0 bridgehead atoms. The van der Waals surface area contributed by atoms with E-state index in [1.165, 1.54) is 37.1 Å². The summed E-state index contributed by atoms with van der Waals surface area (Å²) in [7, 11) is 1.44. The molecule has 1 aromatic rings. The van der Waals surface area contributed by atoms with Crippen LogP contribution in [0.3, 0.4) is 0 Å². The molecule has 118 valence electrons. The van der Waals surface area contributed by atoms with Gasteiger partial charge < -0.3 is 10.1 Å². The molecule has 1 atom stereocenters. The molecule has 22 heavy (non-hydrogen) atoms. The monoisotopic (exact) mass is 341 g/mol. The molecule has 1 aromatic carbocycles. The van der Waals surface area contributed by atoms with Crippen molar-refractivity contribution in [2.75, 3.05) is 24.7 Å². The van der Waals surface area contributed by atoms with Crippen LogP contribution in [-0.2, 0) is 4.79 Å². The van der Waals surface area contributed by atoms with Crippen molar-refractivity contribution in [2.45, 2.75) is 12.2 Å². The van der Waals surface area contributed by atoms with Crippen molar-refractivity contribution in [3.8, 4) is 5.75 Å². The van der Waals surface area contributed by atoms with Gasteiger partial charge in [-0.05, 0) is 13.0 Å². The van der Waals surface area contributed by atoms with Gasteiger partial charge in [-0.2, -0.15) is 0 Å². The fourth-order valence-electron chi connectivity index (χ4n) is 1.73. The third-order valence-electron chi connectivity index (χ3n) is 2.86. The van der Waals surface area contributed by atoms with E-state index >= 15 is 0 Å². The molecule has 0 aromatic heterocycles. The van der Waals surface area contributed by atoms with Gasteiger partial charge >= 0.3 is 0 Å². The number of hydrogen-bond donors (Lipinski definition) is 1. The summed E-state index contributed by atoms with van der Waals surface area (Å²) < 4.78 is 6.02. The molecule has 1 heterocycles. The number of methoxy groups -OCH3 is 1. The molecule has 1 aliphatic rings. The van der Waals surface area contributed by atoms with Crippen LogP contribution in [0.5, 0.6) is 5.75 Å². The lowest BCUT2D eigenvalue weighted by Gasteiger charge is -2.13. The van der Waals surface area contributed by atoms with Gasteiger partial charge in [-0.25, -0.2) is 0 Å². The van der Waals surface area contributed by atoms with Gasteiger partial charge in [-0.1, -0.05) is 23.5 Å². The number of rotatable bonds is 5. The first-order valence-electron chi connectivity index (χ1n) is 6.48. The van der Waals surface area contributed by atoms with Gasteiger partial charge in [0.25, 0.3) is 5.69 Å². The third-order valence-corrected chi connectivity index (χ3v) is 5.16. The van der Waals surface area contributed by atoms with Crippen LogP contribution >= 0.6 is 23.5 Å². The number of ether oxygens (including phenoxy) is 1. The average Bonchev–Trinajstić information content (AvgIpc) is 2.99. The Bertz CT molecular complexity index is 621. The number of carbonyl (C=O) groups excluding carboxylic acids is 1. The molecule has 0 aliphatic carbocycles. The lowest BCUT2D eigenvalue weighted by Crippen LogP contribution is -2.23. The van der Waals surface area contributed by atoms with E-state index in [9.17, 15) is 14.9 Å². The zero-order chi connectivity index (χ0) is 16.1. The smallest absolute Gasteiger partial charge is 0.271 e. The minimum Gasteiger partial charge on any atom is -0.495 e. The highest BCUT2D eigenvalue weighted by molar-refractivity contribution is 8.39. The summed E-state index contributed by atoms with van der Waals surface area (Å²) in [6.07, 6.45) is 0. The number of nitrogens with zero attached hydrogens (tertiary/aromatic N) is 2. The molecule has 0 unspecified atom stereocenters. The lowest BCUT2D eigenvalue weighted by molar-refractivity contribution is -0.384. The summed E-state index contributed by atoms with van der Waals surface area (Å²) in [4.78, 5) is 26.8. The van der Waals surface area contributed by atoms with E-state index in [2.05, 4.69) is 10.3 Å². The highest BCUT2D eigenvalue weighted by Gasteiger charge is 2.21. The molecule has 0 radical (unpaired) electrons. The summed E-state index contributed by atoms with van der Waals surface area (Å²) >= 11 is 3.01. The Morgan fingerprint density at radius 1 is 1.59 bits per heavy atom. The van der Waals surface area contributed by atoms with Crippen LogP contribution < -0.4 is 10.1 Å². The second-order valence-electron chi connectivity index (χ2n) is 4.39. The molecule has 7 nitrogen and oxygen atoms in total. The normalized spacial score (nSPS) is 15.1. The summed E-state index contributed by atoms with van der Waals surface area (Å²) in [5.74, 6) is 1.07. The van der Waals surface area contributed by atoms with Crippen molar-refractivity contribution >= 4 is 45.2 Å². The van der Waals surface area contributed by atoms with Crippen LogP contribution in [0.2, 0.25) is 0 Å². The van der Waals surface area contributed by atoms with Crippen molar-refractivity contribution in [1.82, 2.24) is 0 Å². The first-order chi connectivity index (χ1) is 10.5. The van der Waals surface area contributed by atoms with E-state index < -0.39 is 4.92 Å². The summed E-state index contributed by atoms with van der Waals surface area (Å²) in [6, 6.07) is 4.08. The predicted octanol–water partition coefficient (Wildman–Crippen LogP) is 2.77. The number of thioether (sulfide) groups is 2. The van der Waals surface area contributed by atoms with Gasteiger partial charge in [0.15, 0.2) is 0 Å². The Morgan fingerprint density at radius 3 is 2.95 bits per heavy atom. The molecule has 1 amide bonds. The van der Waals surface area contributed by atoms with Gasteiger partial charge in [0.05, 0.1) is 29.5 Å². The Balaban J connectivity index is 2.09. The number of nitro benzene ring substituents is 1. The van der Waals surface area contributed by atoms with Crippen LogP contribution in [0, 0.1) is 10.1 Å². The Labute approximate surface area is 136 Å². The van der Waals surface area contributed by atoms with Crippen molar-refractivity contribution in [2.24, 2.45) is 4.99 Å². The minimum atomic E-state index is -0.517. The number of amides is 1. The number of hydrogen-bond acceptors (Lipinski definition) is 7. The molecule has 0 fully saturated rings. The first kappa shape index (κ1) is 16.6. The zero-order valence-electron chi connectivity index (χ0n) is 12.1. The fourth-order valence-corrected chi connectivity index (χ4v) is 3.86. The first-order valence-corrected chi connectivity index (χ1v) is 8.35. The molecule has 0 spiro atoms. The van der Waals surface area contributed by atoms with E-state index in [-0.39, 0.29) is 22.5 Å². The van der Waals surface area contributed by atoms with E-state index in [1.54, 1.807) is 18.7 Å². The molecule has 1 N–H and O–H groups in total. The topological polar surface area (TPSA) is 93.8 Å². The summed E-state index contributed by atoms with van der Waals surface area (Å²) in [5.41, 5.74) is 0.183. The lowest BCUT2D eigenvalue weighted by atomic mass is 10.2. The standard InChI is InChI=1S/C13H15N3O4S2/c1-8(22-13-14-5-6-21-13)12(17)15-10-7-9(16(18)19)3-4-11(10)20-2/h3-4,7-8H,5-6H2,1-2H3,(H,15,17)/t8-/m1/s1. The Kier molecular flexibility index (Phi) is 5.67. The van der Waals surface area contributed by atoms with Gasteiger partial charge in [-0.3, -0.25) is 19.9 Å². The average molecular weight is 341 g/mol. The van der Waals surface area contributed by atoms with Crippen LogP contribution in [0.4, 0.5) is 11.4 Å².